The van der Waals surface area contributed by atoms with E-state index < -0.39 is 15.7 Å². The van der Waals surface area contributed by atoms with Gasteiger partial charge in [-0.15, -0.1) is 0 Å². The van der Waals surface area contributed by atoms with Gasteiger partial charge in [-0.25, -0.2) is 13.4 Å². The molecule has 0 aliphatic rings. The molecule has 0 fully saturated rings. The number of aromatic nitrogens is 2. The minimum absolute atomic E-state index is 0.0629. The van der Waals surface area contributed by atoms with E-state index >= 15 is 0 Å². The maximum atomic E-state index is 12.6. The first-order valence-corrected chi connectivity index (χ1v) is 10.9. The van der Waals surface area contributed by atoms with E-state index in [0.29, 0.717) is 5.69 Å². The Bertz CT molecular complexity index is 1310. The second kappa shape index (κ2) is 7.35. The zero-order chi connectivity index (χ0) is 20.6. The number of nitrogens with zero attached hydrogens (tertiary/aromatic N) is 2. The predicted octanol–water partition coefficient (Wildman–Crippen LogP) is 4.31. The lowest BCUT2D eigenvalue weighted by Gasteiger charge is -2.09. The van der Waals surface area contributed by atoms with Crippen molar-refractivity contribution in [1.82, 2.24) is 9.38 Å². The normalized spacial score (nSPS) is 11.5. The third-order valence-electron chi connectivity index (χ3n) is 4.39. The van der Waals surface area contributed by atoms with Crippen LogP contribution in [0.25, 0.3) is 16.9 Å². The van der Waals surface area contributed by atoms with E-state index in [1.54, 1.807) is 6.07 Å². The number of fused-ring (bicyclic) bond motifs is 1. The van der Waals surface area contributed by atoms with Crippen LogP contribution in [0.4, 0.5) is 5.69 Å². The van der Waals surface area contributed by atoms with Gasteiger partial charge in [0, 0.05) is 29.9 Å². The molecule has 0 radical (unpaired) electrons. The first-order chi connectivity index (χ1) is 13.8. The summed E-state index contributed by atoms with van der Waals surface area (Å²) < 4.78 is 25.2. The number of pyridine rings is 1. The van der Waals surface area contributed by atoms with Crippen LogP contribution in [-0.2, 0) is 9.84 Å². The Morgan fingerprint density at radius 3 is 2.62 bits per heavy atom. The molecule has 8 heteroatoms. The number of hydrogen-bond donors (Lipinski definition) is 1. The maximum absolute atomic E-state index is 12.6. The molecule has 29 heavy (non-hydrogen) atoms. The third kappa shape index (κ3) is 4.01. The molecule has 0 unspecified atom stereocenters. The van der Waals surface area contributed by atoms with Gasteiger partial charge < -0.3 is 9.72 Å². The zero-order valence-electron chi connectivity index (χ0n) is 15.3. The molecular weight excluding hydrogens is 410 g/mol. The minimum Gasteiger partial charge on any atom is -0.322 e. The van der Waals surface area contributed by atoms with Gasteiger partial charge in [-0.2, -0.15) is 0 Å². The summed E-state index contributed by atoms with van der Waals surface area (Å²) in [5.74, 6) is -0.429. The van der Waals surface area contributed by atoms with Crippen LogP contribution < -0.4 is 5.32 Å². The van der Waals surface area contributed by atoms with Crippen molar-refractivity contribution in [3.63, 3.8) is 0 Å². The zero-order valence-corrected chi connectivity index (χ0v) is 16.9. The molecule has 0 spiro atoms. The second-order valence-corrected chi connectivity index (χ2v) is 8.96. The highest BCUT2D eigenvalue weighted by molar-refractivity contribution is 7.90. The van der Waals surface area contributed by atoms with Crippen LogP contribution in [-0.4, -0.2) is 30.0 Å². The fraction of sp³-hybridized carbons (Fsp3) is 0.0476. The molecule has 6 nitrogen and oxygen atoms in total. The number of sulfone groups is 1. The molecule has 146 valence electrons. The molecule has 2 aromatic carbocycles. The monoisotopic (exact) mass is 425 g/mol. The molecule has 0 bridgehead atoms. The largest absolute Gasteiger partial charge is 0.322 e. The number of carbonyl (C=O) groups excluding carboxylic acids is 1. The maximum Gasteiger partial charge on any atom is 0.257 e. The standard InChI is InChI=1S/C21H16ClN3O3S/c1-29(27,28)16-8-9-17(18(22)12-16)21(26)23-15-6-4-5-14(11-15)19-13-25-10-3-2-7-20(25)24-19/h2-13H,1H3,(H,23,26). The summed E-state index contributed by atoms with van der Waals surface area (Å²) in [5.41, 5.74) is 3.23. The molecule has 4 aromatic rings. The minimum atomic E-state index is -3.40. The Hall–Kier alpha value is -3.16. The highest BCUT2D eigenvalue weighted by Crippen LogP contribution is 2.25. The summed E-state index contributed by atoms with van der Waals surface area (Å²) in [4.78, 5) is 17.3. The number of carbonyl (C=O) groups is 1. The number of hydrogen-bond acceptors (Lipinski definition) is 4. The predicted molar refractivity (Wildman–Crippen MR) is 113 cm³/mol. The van der Waals surface area contributed by atoms with Gasteiger partial charge >= 0.3 is 0 Å². The average molecular weight is 426 g/mol. The molecule has 2 aromatic heterocycles. The van der Waals surface area contributed by atoms with Crippen LogP contribution in [0.1, 0.15) is 10.4 Å². The van der Waals surface area contributed by atoms with Gasteiger partial charge in [-0.3, -0.25) is 4.79 Å². The topological polar surface area (TPSA) is 80.5 Å². The van der Waals surface area contributed by atoms with Gasteiger partial charge in [0.05, 0.1) is 21.2 Å². The summed E-state index contributed by atoms with van der Waals surface area (Å²) in [7, 11) is -3.40. The SMILES string of the molecule is CS(=O)(=O)c1ccc(C(=O)Nc2cccc(-c3cn4ccccc4n3)c2)c(Cl)c1. The lowest BCUT2D eigenvalue weighted by molar-refractivity contribution is 0.102. The third-order valence-corrected chi connectivity index (χ3v) is 5.82. The summed E-state index contributed by atoms with van der Waals surface area (Å²) in [6.07, 6.45) is 4.92. The van der Waals surface area contributed by atoms with Crippen LogP contribution in [0, 0.1) is 0 Å². The molecule has 0 saturated carbocycles. The quantitative estimate of drug-likeness (QED) is 0.528. The molecule has 1 N–H and O–H groups in total. The van der Waals surface area contributed by atoms with E-state index in [1.165, 1.54) is 18.2 Å². The molecule has 0 aliphatic carbocycles. The van der Waals surface area contributed by atoms with Crippen LogP contribution in [0.2, 0.25) is 5.02 Å². The number of imidazole rings is 1. The molecule has 2 heterocycles. The second-order valence-electron chi connectivity index (χ2n) is 6.54. The van der Waals surface area contributed by atoms with E-state index in [0.717, 1.165) is 23.2 Å². The Kier molecular flexibility index (Phi) is 4.86. The van der Waals surface area contributed by atoms with Crippen molar-refractivity contribution in [2.75, 3.05) is 11.6 Å². The van der Waals surface area contributed by atoms with Gasteiger partial charge in [-0.1, -0.05) is 29.8 Å². The fourth-order valence-corrected chi connectivity index (χ4v) is 3.92. The van der Waals surface area contributed by atoms with Crippen molar-refractivity contribution in [1.29, 1.82) is 0 Å². The van der Waals surface area contributed by atoms with E-state index in [9.17, 15) is 13.2 Å². The Morgan fingerprint density at radius 2 is 1.90 bits per heavy atom. The lowest BCUT2D eigenvalue weighted by atomic mass is 10.1. The molecule has 0 atom stereocenters. The number of benzene rings is 2. The van der Waals surface area contributed by atoms with Crippen molar-refractivity contribution in [3.8, 4) is 11.3 Å². The van der Waals surface area contributed by atoms with Gasteiger partial charge in [0.1, 0.15) is 5.65 Å². The number of nitrogens with one attached hydrogen (secondary N) is 1. The van der Waals surface area contributed by atoms with E-state index in [4.69, 9.17) is 11.6 Å². The van der Waals surface area contributed by atoms with Crippen molar-refractivity contribution in [3.05, 3.63) is 83.6 Å². The number of halogens is 1. The van der Waals surface area contributed by atoms with Crippen molar-refractivity contribution in [2.45, 2.75) is 4.90 Å². The summed E-state index contributed by atoms with van der Waals surface area (Å²) in [5, 5.41) is 2.86. The number of rotatable bonds is 4. The van der Waals surface area contributed by atoms with Gasteiger partial charge in [-0.05, 0) is 42.5 Å². The Labute approximate surface area is 172 Å². The molecular formula is C21H16ClN3O3S. The summed E-state index contributed by atoms with van der Waals surface area (Å²) >= 11 is 6.13. The lowest BCUT2D eigenvalue weighted by Crippen LogP contribution is -2.13. The van der Waals surface area contributed by atoms with Gasteiger partial charge in [0.25, 0.3) is 5.91 Å². The van der Waals surface area contributed by atoms with Crippen molar-refractivity contribution >= 4 is 38.7 Å². The highest BCUT2D eigenvalue weighted by atomic mass is 35.5. The fourth-order valence-electron chi connectivity index (χ4n) is 2.94. The van der Waals surface area contributed by atoms with Crippen molar-refractivity contribution in [2.24, 2.45) is 0 Å². The van der Waals surface area contributed by atoms with Crippen LogP contribution >= 0.6 is 11.6 Å². The molecule has 0 saturated heterocycles. The van der Waals surface area contributed by atoms with E-state index in [-0.39, 0.29) is 15.5 Å². The van der Waals surface area contributed by atoms with Gasteiger partial charge in [0.2, 0.25) is 0 Å². The van der Waals surface area contributed by atoms with Crippen LogP contribution in [0.3, 0.4) is 0 Å². The van der Waals surface area contributed by atoms with Crippen LogP contribution in [0.5, 0.6) is 0 Å². The van der Waals surface area contributed by atoms with Gasteiger partial charge in [0.15, 0.2) is 9.84 Å². The van der Waals surface area contributed by atoms with E-state index in [1.807, 2.05) is 53.2 Å². The molecule has 0 aliphatic heterocycles. The van der Waals surface area contributed by atoms with E-state index in [2.05, 4.69) is 10.3 Å². The average Bonchev–Trinajstić information content (AvgIpc) is 3.11. The number of amides is 1. The first kappa shape index (κ1) is 19.2. The van der Waals surface area contributed by atoms with Crippen molar-refractivity contribution < 1.29 is 13.2 Å². The summed E-state index contributed by atoms with van der Waals surface area (Å²) in [6.45, 7) is 0. The van der Waals surface area contributed by atoms with Crippen LogP contribution in [0.15, 0.2) is 78.0 Å². The molecule has 1 amide bonds. The summed E-state index contributed by atoms with van der Waals surface area (Å²) in [6, 6.07) is 17.1. The smallest absolute Gasteiger partial charge is 0.257 e. The molecule has 4 rings (SSSR count). The Morgan fingerprint density at radius 1 is 1.07 bits per heavy atom. The Balaban J connectivity index is 1.60. The first-order valence-electron chi connectivity index (χ1n) is 8.66. The number of anilines is 1. The highest BCUT2D eigenvalue weighted by Gasteiger charge is 2.15.